The zero-order valence-electron chi connectivity index (χ0n) is 5.25. The maximum Gasteiger partial charge on any atom is 1.00 e. The van der Waals surface area contributed by atoms with Crippen molar-refractivity contribution < 1.29 is 39.5 Å². The third-order valence-electron chi connectivity index (χ3n) is 0.289. The summed E-state index contributed by atoms with van der Waals surface area (Å²) in [5, 5.41) is 9.26. The second kappa shape index (κ2) is 22.4. The number of aliphatic carboxylic acids is 1. The predicted molar refractivity (Wildman–Crippen MR) is 61.5 cm³/mol. The van der Waals surface area contributed by atoms with Gasteiger partial charge in [0.25, 0.3) is 0 Å². The molecule has 0 aliphatic heterocycles. The van der Waals surface area contributed by atoms with Crippen molar-refractivity contribution in [1.29, 1.82) is 0 Å². The van der Waals surface area contributed by atoms with Crippen LogP contribution in [-0.4, -0.2) is 5.97 Å². The second-order valence-corrected chi connectivity index (χ2v) is 0.726. The van der Waals surface area contributed by atoms with Gasteiger partial charge in [0.15, 0.2) is 0 Å². The minimum Gasteiger partial charge on any atom is -0.550 e. The molecule has 0 atom stereocenters. The maximum absolute atomic E-state index is 9.26. The molecule has 0 heterocycles. The van der Waals surface area contributed by atoms with E-state index in [0.717, 1.165) is 0 Å². The Bertz CT molecular complexity index is 52.3. The molecule has 0 unspecified atom stereocenters. The summed E-state index contributed by atoms with van der Waals surface area (Å²) in [5.74, 6) is -0.995. The molecule has 2 nitrogen and oxygen atoms in total. The summed E-state index contributed by atoms with van der Waals surface area (Å²) in [6, 6.07) is 0. The van der Waals surface area contributed by atoms with Gasteiger partial charge in [0.1, 0.15) is 0 Å². The average Bonchev–Trinajstić information content (AvgIpc) is 1.38. The van der Waals surface area contributed by atoms with Gasteiger partial charge in [-0.25, -0.2) is 0 Å². The summed E-state index contributed by atoms with van der Waals surface area (Å²) in [5.41, 5.74) is 0. The van der Waals surface area contributed by atoms with Gasteiger partial charge < -0.3 is 9.90 Å². The van der Waals surface area contributed by atoms with Crippen LogP contribution in [0.25, 0.3) is 0 Å². The quantitative estimate of drug-likeness (QED) is 0.323. The van der Waals surface area contributed by atoms with E-state index in [0.29, 0.717) is 0 Å². The van der Waals surface area contributed by atoms with Gasteiger partial charge in [-0.3, -0.25) is 0 Å². The van der Waals surface area contributed by atoms with Crippen LogP contribution in [0.5, 0.6) is 0 Å². The molecule has 0 radical (unpaired) electrons. The fraction of sp³-hybridized carbons (Fsp3) is 0.667. The number of carbonyl (C=O) groups is 1. The monoisotopic (exact) mass is 480 g/mol. The molecule has 6 heteroatoms. The molecule has 0 spiro atoms. The summed E-state index contributed by atoms with van der Waals surface area (Å²) >= 11 is 0. The molecule has 0 aromatic carbocycles. The molecule has 0 aromatic heterocycles. The van der Waals surface area contributed by atoms with Crippen LogP contribution in [0.3, 0.4) is 0 Å². The number of carbonyl (C=O) groups excluding carboxylic acids is 1. The van der Waals surface area contributed by atoms with Crippen molar-refractivity contribution in [1.82, 2.24) is 0 Å². The summed E-state index contributed by atoms with van der Waals surface area (Å²) < 4.78 is 0. The average molecular weight is 480 g/mol. The Morgan fingerprint density at radius 1 is 1.33 bits per heavy atom. The third-order valence-corrected chi connectivity index (χ3v) is 0.289. The van der Waals surface area contributed by atoms with Gasteiger partial charge in [-0.2, -0.15) is 0 Å². The van der Waals surface area contributed by atoms with Crippen LogP contribution in [0.4, 0.5) is 0 Å². The number of carboxylic acids is 1. The second-order valence-electron chi connectivity index (χ2n) is 0.726. The normalized spacial score (nSPS) is 4.11. The Morgan fingerprint density at radius 2 is 1.44 bits per heavy atom. The minimum atomic E-state index is -0.995. The third kappa shape index (κ3) is 36.8. The SMILES string of the molecule is CCC(=O)[O-].I.I.I.[Na+]. The minimum absolute atomic E-state index is 0. The Hall–Kier alpha value is 2.66. The number of carboxylic acid groups (broad SMARTS) is 1. The predicted octanol–water partition coefficient (Wildman–Crippen LogP) is -2.00. The van der Waals surface area contributed by atoms with Crippen molar-refractivity contribution in [3.63, 3.8) is 0 Å². The molecular weight excluding hydrogens is 472 g/mol. The van der Waals surface area contributed by atoms with Gasteiger partial charge in [-0.15, -0.1) is 71.9 Å². The van der Waals surface area contributed by atoms with E-state index in [2.05, 4.69) is 0 Å². The molecule has 0 N–H and O–H groups in total. The van der Waals surface area contributed by atoms with Gasteiger partial charge in [-0.1, -0.05) is 6.92 Å². The number of rotatable bonds is 1. The Morgan fingerprint density at radius 3 is 1.44 bits per heavy atom. The first-order chi connectivity index (χ1) is 2.27. The van der Waals surface area contributed by atoms with Gasteiger partial charge in [0.2, 0.25) is 0 Å². The molecule has 0 fully saturated rings. The van der Waals surface area contributed by atoms with E-state index in [1.807, 2.05) is 0 Å². The van der Waals surface area contributed by atoms with Gasteiger partial charge in [0, 0.05) is 5.97 Å². The van der Waals surface area contributed by atoms with Gasteiger partial charge in [-0.05, 0) is 6.42 Å². The van der Waals surface area contributed by atoms with Crippen molar-refractivity contribution >= 4 is 77.9 Å². The number of hydrogen-bond acceptors (Lipinski definition) is 2. The Labute approximate surface area is 128 Å². The Kier molecular flexibility index (Phi) is 74.4. The van der Waals surface area contributed by atoms with Crippen LogP contribution in [0, 0.1) is 0 Å². The van der Waals surface area contributed by atoms with E-state index in [9.17, 15) is 9.90 Å². The van der Waals surface area contributed by atoms with Crippen molar-refractivity contribution in [2.45, 2.75) is 13.3 Å². The van der Waals surface area contributed by atoms with E-state index in [4.69, 9.17) is 0 Å². The molecule has 0 bridgehead atoms. The first-order valence-corrected chi connectivity index (χ1v) is 1.47. The molecule has 0 saturated heterocycles. The van der Waals surface area contributed by atoms with E-state index in [-0.39, 0.29) is 108 Å². The largest absolute Gasteiger partial charge is 1.00 e. The van der Waals surface area contributed by atoms with Gasteiger partial charge in [0.05, 0.1) is 0 Å². The van der Waals surface area contributed by atoms with Crippen LogP contribution in [0.1, 0.15) is 13.3 Å². The van der Waals surface area contributed by atoms with E-state index in [1.54, 1.807) is 0 Å². The van der Waals surface area contributed by atoms with E-state index >= 15 is 0 Å². The Balaban J connectivity index is -0.0000000133. The van der Waals surface area contributed by atoms with Crippen molar-refractivity contribution in [3.8, 4) is 0 Å². The van der Waals surface area contributed by atoms with Crippen molar-refractivity contribution in [2.75, 3.05) is 0 Å². The first-order valence-electron chi connectivity index (χ1n) is 1.47. The number of halogens is 3. The fourth-order valence-electron chi connectivity index (χ4n) is 0. The van der Waals surface area contributed by atoms with Crippen LogP contribution in [-0.2, 0) is 4.79 Å². The zero-order chi connectivity index (χ0) is 4.28. The van der Waals surface area contributed by atoms with Crippen LogP contribution in [0.15, 0.2) is 0 Å². The summed E-state index contributed by atoms with van der Waals surface area (Å²) in [7, 11) is 0. The molecule has 9 heavy (non-hydrogen) atoms. The smallest absolute Gasteiger partial charge is 0.550 e. The van der Waals surface area contributed by atoms with Crippen LogP contribution < -0.4 is 34.7 Å². The summed E-state index contributed by atoms with van der Waals surface area (Å²) in [6.07, 6.45) is 0.111. The molecule has 0 aromatic rings. The standard InChI is InChI=1S/C3H6O2.3HI.Na/c1-2-3(4)5;;;;/h2H2,1H3,(H,4,5);3*1H;/q;;;;+1/p-1. The molecule has 54 valence electrons. The van der Waals surface area contributed by atoms with E-state index < -0.39 is 5.97 Å². The van der Waals surface area contributed by atoms with Crippen molar-refractivity contribution in [2.24, 2.45) is 0 Å². The zero-order valence-corrected chi connectivity index (χ0v) is 14.2. The number of hydrogen-bond donors (Lipinski definition) is 0. The van der Waals surface area contributed by atoms with Crippen molar-refractivity contribution in [3.05, 3.63) is 0 Å². The summed E-state index contributed by atoms with van der Waals surface area (Å²) in [6.45, 7) is 1.54. The van der Waals surface area contributed by atoms with Crippen LogP contribution in [0.2, 0.25) is 0 Å². The topological polar surface area (TPSA) is 40.1 Å². The molecule has 0 rings (SSSR count). The first kappa shape index (κ1) is 29.9. The van der Waals surface area contributed by atoms with E-state index in [1.165, 1.54) is 6.92 Å². The molecular formula is C3H8I3NaO2. The van der Waals surface area contributed by atoms with Crippen LogP contribution >= 0.6 is 71.9 Å². The molecule has 0 amide bonds. The van der Waals surface area contributed by atoms with Gasteiger partial charge >= 0.3 is 29.6 Å². The summed E-state index contributed by atoms with van der Waals surface area (Å²) in [4.78, 5) is 9.26. The molecule has 0 aliphatic rings. The fourth-order valence-corrected chi connectivity index (χ4v) is 0. The maximum atomic E-state index is 9.26. The molecule has 0 aliphatic carbocycles. The molecule has 0 saturated carbocycles.